The van der Waals surface area contributed by atoms with Crippen molar-refractivity contribution in [3.8, 4) is 11.6 Å². The number of ether oxygens (including phenoxy) is 1. The number of aromatic nitrogens is 1. The van der Waals surface area contributed by atoms with Crippen LogP contribution in [-0.2, 0) is 6.54 Å². The largest absolute Gasteiger partial charge is 0.438 e. The van der Waals surface area contributed by atoms with E-state index in [2.05, 4.69) is 33.2 Å². The standard InChI is InChI=1S/C15H16BrFN2O/c1-2-8-18-10-12-4-3-5-15(19-12)20-14-9-11(17)6-7-13(14)16/h3-7,9,18H,2,8,10H2,1H3. The molecule has 1 aromatic heterocycles. The molecule has 0 saturated carbocycles. The van der Waals surface area contributed by atoms with Crippen molar-refractivity contribution in [1.82, 2.24) is 10.3 Å². The zero-order chi connectivity index (χ0) is 14.4. The number of nitrogens with zero attached hydrogens (tertiary/aromatic N) is 1. The molecule has 0 atom stereocenters. The molecule has 0 amide bonds. The summed E-state index contributed by atoms with van der Waals surface area (Å²) in [6, 6.07) is 9.86. The quantitative estimate of drug-likeness (QED) is 0.798. The molecule has 3 nitrogen and oxygen atoms in total. The van der Waals surface area contributed by atoms with Crippen molar-refractivity contribution in [3.63, 3.8) is 0 Å². The fourth-order valence-electron chi connectivity index (χ4n) is 1.67. The molecule has 0 saturated heterocycles. The summed E-state index contributed by atoms with van der Waals surface area (Å²) in [5.74, 6) is 0.521. The first-order valence-electron chi connectivity index (χ1n) is 6.48. The van der Waals surface area contributed by atoms with Gasteiger partial charge < -0.3 is 10.1 Å². The molecule has 0 fully saturated rings. The maximum Gasteiger partial charge on any atom is 0.219 e. The van der Waals surface area contributed by atoms with Gasteiger partial charge in [-0.1, -0.05) is 13.0 Å². The Bertz CT molecular complexity index is 578. The number of halogens is 2. The molecule has 0 bridgehead atoms. The van der Waals surface area contributed by atoms with Crippen LogP contribution in [0, 0.1) is 5.82 Å². The monoisotopic (exact) mass is 338 g/mol. The lowest BCUT2D eigenvalue weighted by Gasteiger charge is -2.08. The molecule has 0 aliphatic rings. The minimum atomic E-state index is -0.344. The highest BCUT2D eigenvalue weighted by Crippen LogP contribution is 2.29. The van der Waals surface area contributed by atoms with Gasteiger partial charge in [-0.3, -0.25) is 0 Å². The van der Waals surface area contributed by atoms with Crippen molar-refractivity contribution >= 4 is 15.9 Å². The molecule has 20 heavy (non-hydrogen) atoms. The van der Waals surface area contributed by atoms with E-state index in [0.29, 0.717) is 22.6 Å². The first-order chi connectivity index (χ1) is 9.69. The van der Waals surface area contributed by atoms with E-state index in [0.717, 1.165) is 18.7 Å². The Morgan fingerprint density at radius 2 is 2.15 bits per heavy atom. The molecule has 0 aliphatic heterocycles. The number of hydrogen-bond acceptors (Lipinski definition) is 3. The van der Waals surface area contributed by atoms with Crippen LogP contribution in [0.25, 0.3) is 0 Å². The number of rotatable bonds is 6. The van der Waals surface area contributed by atoms with Gasteiger partial charge in [0.25, 0.3) is 0 Å². The van der Waals surface area contributed by atoms with Crippen LogP contribution >= 0.6 is 15.9 Å². The van der Waals surface area contributed by atoms with Crippen LogP contribution in [0.3, 0.4) is 0 Å². The summed E-state index contributed by atoms with van der Waals surface area (Å²) in [4.78, 5) is 4.38. The van der Waals surface area contributed by atoms with E-state index in [9.17, 15) is 4.39 Å². The lowest BCUT2D eigenvalue weighted by molar-refractivity contribution is 0.452. The smallest absolute Gasteiger partial charge is 0.219 e. The van der Waals surface area contributed by atoms with E-state index >= 15 is 0 Å². The number of benzene rings is 1. The number of nitrogens with one attached hydrogen (secondary N) is 1. The fourth-order valence-corrected chi connectivity index (χ4v) is 2.00. The van der Waals surface area contributed by atoms with Crippen LogP contribution < -0.4 is 10.1 Å². The maximum atomic E-state index is 13.2. The van der Waals surface area contributed by atoms with Crippen molar-refractivity contribution in [2.45, 2.75) is 19.9 Å². The van der Waals surface area contributed by atoms with Gasteiger partial charge in [-0.15, -0.1) is 0 Å². The number of hydrogen-bond donors (Lipinski definition) is 1. The predicted octanol–water partition coefficient (Wildman–Crippen LogP) is 4.28. The lowest BCUT2D eigenvalue weighted by Crippen LogP contribution is -2.14. The molecule has 1 aromatic carbocycles. The molecule has 0 aliphatic carbocycles. The Morgan fingerprint density at radius 3 is 2.95 bits per heavy atom. The van der Waals surface area contributed by atoms with Crippen molar-refractivity contribution in [2.75, 3.05) is 6.54 Å². The normalized spacial score (nSPS) is 10.6. The van der Waals surface area contributed by atoms with Gasteiger partial charge in [-0.25, -0.2) is 9.37 Å². The molecule has 0 radical (unpaired) electrons. The second kappa shape index (κ2) is 7.36. The van der Waals surface area contributed by atoms with Crippen LogP contribution in [0.5, 0.6) is 11.6 Å². The van der Waals surface area contributed by atoms with E-state index in [4.69, 9.17) is 4.74 Å². The third kappa shape index (κ3) is 4.28. The fraction of sp³-hybridized carbons (Fsp3) is 0.267. The molecule has 1 heterocycles. The van der Waals surface area contributed by atoms with Crippen LogP contribution in [0.1, 0.15) is 19.0 Å². The highest BCUT2D eigenvalue weighted by atomic mass is 79.9. The van der Waals surface area contributed by atoms with Gasteiger partial charge in [0.2, 0.25) is 5.88 Å². The summed E-state index contributed by atoms with van der Waals surface area (Å²) in [5.41, 5.74) is 0.892. The van der Waals surface area contributed by atoms with E-state index in [1.54, 1.807) is 12.1 Å². The Labute approximate surface area is 126 Å². The Kier molecular flexibility index (Phi) is 5.49. The summed E-state index contributed by atoms with van der Waals surface area (Å²) in [5, 5.41) is 3.28. The van der Waals surface area contributed by atoms with Gasteiger partial charge in [-0.05, 0) is 47.1 Å². The summed E-state index contributed by atoms with van der Waals surface area (Å²) in [6.45, 7) is 3.75. The molecule has 5 heteroatoms. The predicted molar refractivity (Wildman–Crippen MR) is 80.4 cm³/mol. The molecule has 0 spiro atoms. The van der Waals surface area contributed by atoms with Crippen molar-refractivity contribution in [1.29, 1.82) is 0 Å². The van der Waals surface area contributed by atoms with Crippen molar-refractivity contribution < 1.29 is 9.13 Å². The summed E-state index contributed by atoms with van der Waals surface area (Å²) < 4.78 is 19.5. The van der Waals surface area contributed by atoms with Gasteiger partial charge >= 0.3 is 0 Å². The third-order valence-electron chi connectivity index (χ3n) is 2.62. The van der Waals surface area contributed by atoms with Gasteiger partial charge in [0, 0.05) is 18.7 Å². The van der Waals surface area contributed by atoms with E-state index in [1.807, 2.05) is 12.1 Å². The van der Waals surface area contributed by atoms with E-state index < -0.39 is 0 Å². The number of pyridine rings is 1. The molecule has 106 valence electrons. The average molecular weight is 339 g/mol. The van der Waals surface area contributed by atoms with Crippen LogP contribution in [0.2, 0.25) is 0 Å². The van der Waals surface area contributed by atoms with Gasteiger partial charge in [0.1, 0.15) is 11.6 Å². The molecule has 2 aromatic rings. The zero-order valence-corrected chi connectivity index (χ0v) is 12.8. The van der Waals surface area contributed by atoms with Crippen molar-refractivity contribution in [3.05, 3.63) is 52.4 Å². The molecular formula is C15H16BrFN2O. The zero-order valence-electron chi connectivity index (χ0n) is 11.2. The Balaban J connectivity index is 2.09. The molecule has 1 N–H and O–H groups in total. The highest BCUT2D eigenvalue weighted by Gasteiger charge is 2.06. The van der Waals surface area contributed by atoms with E-state index in [-0.39, 0.29) is 5.82 Å². The maximum absolute atomic E-state index is 13.2. The second-order valence-electron chi connectivity index (χ2n) is 4.32. The highest BCUT2D eigenvalue weighted by molar-refractivity contribution is 9.10. The molecular weight excluding hydrogens is 323 g/mol. The van der Waals surface area contributed by atoms with Gasteiger partial charge in [0.05, 0.1) is 10.2 Å². The summed E-state index contributed by atoms with van der Waals surface area (Å²) in [7, 11) is 0. The third-order valence-corrected chi connectivity index (χ3v) is 3.28. The minimum absolute atomic E-state index is 0.344. The molecule has 2 rings (SSSR count). The minimum Gasteiger partial charge on any atom is -0.438 e. The first kappa shape index (κ1) is 14.9. The Hall–Kier alpha value is -1.46. The van der Waals surface area contributed by atoms with E-state index in [1.165, 1.54) is 12.1 Å². The van der Waals surface area contributed by atoms with Crippen LogP contribution in [0.4, 0.5) is 4.39 Å². The SMILES string of the molecule is CCCNCc1cccc(Oc2cc(F)ccc2Br)n1. The summed E-state index contributed by atoms with van der Waals surface area (Å²) >= 11 is 3.33. The summed E-state index contributed by atoms with van der Waals surface area (Å²) in [6.07, 6.45) is 1.08. The van der Waals surface area contributed by atoms with Gasteiger partial charge in [-0.2, -0.15) is 0 Å². The first-order valence-corrected chi connectivity index (χ1v) is 7.28. The Morgan fingerprint density at radius 1 is 1.30 bits per heavy atom. The lowest BCUT2D eigenvalue weighted by atomic mass is 10.3. The second-order valence-corrected chi connectivity index (χ2v) is 5.18. The van der Waals surface area contributed by atoms with Crippen LogP contribution in [0.15, 0.2) is 40.9 Å². The molecule has 0 unspecified atom stereocenters. The van der Waals surface area contributed by atoms with Gasteiger partial charge in [0.15, 0.2) is 0 Å². The van der Waals surface area contributed by atoms with Crippen LogP contribution in [-0.4, -0.2) is 11.5 Å². The topological polar surface area (TPSA) is 34.1 Å². The van der Waals surface area contributed by atoms with Crippen molar-refractivity contribution in [2.24, 2.45) is 0 Å². The average Bonchev–Trinajstić information content (AvgIpc) is 2.44.